The lowest BCUT2D eigenvalue weighted by molar-refractivity contribution is 0.0952. The van der Waals surface area contributed by atoms with Crippen molar-refractivity contribution in [3.05, 3.63) is 41.7 Å². The van der Waals surface area contributed by atoms with Gasteiger partial charge in [-0.25, -0.2) is 0 Å². The number of aryl methyl sites for hydroxylation is 2. The quantitative estimate of drug-likeness (QED) is 0.830. The van der Waals surface area contributed by atoms with Crippen LogP contribution < -0.4 is 5.32 Å². The van der Waals surface area contributed by atoms with Crippen LogP contribution in [0.25, 0.3) is 11.1 Å². The summed E-state index contributed by atoms with van der Waals surface area (Å²) in [5.74, 6) is 0.663. The Balaban J connectivity index is 1.51. The summed E-state index contributed by atoms with van der Waals surface area (Å²) in [6, 6.07) is 7.72. The van der Waals surface area contributed by atoms with Gasteiger partial charge in [0.1, 0.15) is 0 Å². The molecule has 1 atom stereocenters. The van der Waals surface area contributed by atoms with E-state index < -0.39 is 0 Å². The molecule has 3 rings (SSSR count). The maximum Gasteiger partial charge on any atom is 0.251 e. The average molecular weight is 327 g/mol. The van der Waals surface area contributed by atoms with Crippen molar-refractivity contribution in [1.82, 2.24) is 15.1 Å². The van der Waals surface area contributed by atoms with Crippen LogP contribution in [0, 0.1) is 12.8 Å². The zero-order valence-corrected chi connectivity index (χ0v) is 14.4. The van der Waals surface area contributed by atoms with E-state index in [1.54, 1.807) is 4.68 Å². The van der Waals surface area contributed by atoms with E-state index in [4.69, 9.17) is 4.74 Å². The highest BCUT2D eigenvalue weighted by Gasteiger charge is 2.15. The number of benzene rings is 1. The van der Waals surface area contributed by atoms with Crippen LogP contribution in [0.2, 0.25) is 0 Å². The molecule has 0 saturated carbocycles. The van der Waals surface area contributed by atoms with Crippen molar-refractivity contribution >= 4 is 5.91 Å². The van der Waals surface area contributed by atoms with Gasteiger partial charge in [-0.05, 0) is 49.8 Å². The Morgan fingerprint density at radius 3 is 2.79 bits per heavy atom. The van der Waals surface area contributed by atoms with Gasteiger partial charge in [-0.15, -0.1) is 0 Å². The van der Waals surface area contributed by atoms with Gasteiger partial charge in [-0.2, -0.15) is 5.10 Å². The number of nitrogens with one attached hydrogen (secondary N) is 1. The summed E-state index contributed by atoms with van der Waals surface area (Å²) in [4.78, 5) is 12.2. The lowest BCUT2D eigenvalue weighted by Gasteiger charge is -2.09. The Labute approximate surface area is 143 Å². The number of carbonyl (C=O) groups excluding carboxylic acids is 1. The molecule has 1 N–H and O–H groups in total. The molecule has 1 aromatic heterocycles. The van der Waals surface area contributed by atoms with Gasteiger partial charge in [0.25, 0.3) is 5.91 Å². The van der Waals surface area contributed by atoms with Crippen LogP contribution in [-0.4, -0.2) is 35.4 Å². The molecule has 5 heteroatoms. The fourth-order valence-corrected chi connectivity index (χ4v) is 3.19. The van der Waals surface area contributed by atoms with E-state index in [1.807, 2.05) is 44.4 Å². The van der Waals surface area contributed by atoms with Crippen molar-refractivity contribution in [1.29, 1.82) is 0 Å². The van der Waals surface area contributed by atoms with Gasteiger partial charge in [0.15, 0.2) is 0 Å². The van der Waals surface area contributed by atoms with Crippen molar-refractivity contribution in [3.8, 4) is 11.1 Å². The lowest BCUT2D eigenvalue weighted by Crippen LogP contribution is -2.24. The van der Waals surface area contributed by atoms with E-state index in [-0.39, 0.29) is 5.91 Å². The minimum atomic E-state index is -0.00729. The van der Waals surface area contributed by atoms with E-state index >= 15 is 0 Å². The number of nitrogens with zero attached hydrogens (tertiary/aromatic N) is 2. The summed E-state index contributed by atoms with van der Waals surface area (Å²) in [6.45, 7) is 4.48. The van der Waals surface area contributed by atoms with Crippen LogP contribution in [0.1, 0.15) is 35.3 Å². The molecule has 1 saturated heterocycles. The highest BCUT2D eigenvalue weighted by molar-refractivity contribution is 5.94. The van der Waals surface area contributed by atoms with E-state index in [1.165, 1.54) is 0 Å². The minimum Gasteiger partial charge on any atom is -0.381 e. The molecule has 2 heterocycles. The first-order chi connectivity index (χ1) is 11.6. The SMILES string of the molecule is Cc1nn(C)cc1-c1ccc(C(=O)NCCCC2CCOC2)cc1. The van der Waals surface area contributed by atoms with E-state index in [0.29, 0.717) is 11.5 Å². The number of amides is 1. The van der Waals surface area contributed by atoms with Crippen LogP contribution >= 0.6 is 0 Å². The van der Waals surface area contributed by atoms with Gasteiger partial charge in [0.05, 0.1) is 5.69 Å². The highest BCUT2D eigenvalue weighted by atomic mass is 16.5. The number of aromatic nitrogens is 2. The van der Waals surface area contributed by atoms with E-state index in [0.717, 1.165) is 55.8 Å². The Kier molecular flexibility index (Phi) is 5.30. The van der Waals surface area contributed by atoms with Crippen molar-refractivity contribution in [2.75, 3.05) is 19.8 Å². The molecule has 1 fully saturated rings. The molecule has 0 radical (unpaired) electrons. The molecule has 1 aliphatic rings. The van der Waals surface area contributed by atoms with Gasteiger partial charge < -0.3 is 10.1 Å². The highest BCUT2D eigenvalue weighted by Crippen LogP contribution is 2.22. The second-order valence-electron chi connectivity index (χ2n) is 6.51. The Morgan fingerprint density at radius 2 is 2.17 bits per heavy atom. The topological polar surface area (TPSA) is 56.2 Å². The predicted octanol–water partition coefficient (Wildman–Crippen LogP) is 2.94. The minimum absolute atomic E-state index is 0.00729. The molecule has 0 aliphatic carbocycles. The summed E-state index contributed by atoms with van der Waals surface area (Å²) in [6.07, 6.45) is 5.28. The molecule has 5 nitrogen and oxygen atoms in total. The maximum absolute atomic E-state index is 12.2. The Morgan fingerprint density at radius 1 is 1.38 bits per heavy atom. The normalized spacial score (nSPS) is 17.2. The summed E-state index contributed by atoms with van der Waals surface area (Å²) < 4.78 is 7.18. The molecule has 1 aliphatic heterocycles. The first-order valence-corrected chi connectivity index (χ1v) is 8.60. The van der Waals surface area contributed by atoms with Gasteiger partial charge >= 0.3 is 0 Å². The largest absolute Gasteiger partial charge is 0.381 e. The second kappa shape index (κ2) is 7.62. The average Bonchev–Trinajstić information content (AvgIpc) is 3.21. The van der Waals surface area contributed by atoms with Gasteiger partial charge in [-0.3, -0.25) is 9.48 Å². The zero-order valence-electron chi connectivity index (χ0n) is 14.4. The van der Waals surface area contributed by atoms with Gasteiger partial charge in [0.2, 0.25) is 0 Å². The van der Waals surface area contributed by atoms with Crippen LogP contribution in [-0.2, 0) is 11.8 Å². The molecular formula is C19H25N3O2. The molecule has 24 heavy (non-hydrogen) atoms. The molecule has 1 unspecified atom stereocenters. The van der Waals surface area contributed by atoms with Crippen LogP contribution in [0.3, 0.4) is 0 Å². The smallest absolute Gasteiger partial charge is 0.251 e. The first kappa shape index (κ1) is 16.7. The summed E-state index contributed by atoms with van der Waals surface area (Å²) in [5.41, 5.74) is 3.87. The number of hydrogen-bond donors (Lipinski definition) is 1. The second-order valence-corrected chi connectivity index (χ2v) is 6.51. The monoisotopic (exact) mass is 327 g/mol. The van der Waals surface area contributed by atoms with Gasteiger partial charge in [-0.1, -0.05) is 12.1 Å². The first-order valence-electron chi connectivity index (χ1n) is 8.60. The van der Waals surface area contributed by atoms with Crippen LogP contribution in [0.15, 0.2) is 30.5 Å². The van der Waals surface area contributed by atoms with E-state index in [2.05, 4.69) is 10.4 Å². The molecule has 0 bridgehead atoms. The third-order valence-electron chi connectivity index (χ3n) is 4.57. The molecular weight excluding hydrogens is 302 g/mol. The number of rotatable bonds is 6. The molecule has 2 aromatic rings. The zero-order chi connectivity index (χ0) is 16.9. The Hall–Kier alpha value is -2.14. The fourth-order valence-electron chi connectivity index (χ4n) is 3.19. The predicted molar refractivity (Wildman–Crippen MR) is 93.9 cm³/mol. The molecule has 128 valence electrons. The third-order valence-corrected chi connectivity index (χ3v) is 4.57. The Bertz CT molecular complexity index is 685. The van der Waals surface area contributed by atoms with Crippen LogP contribution in [0.4, 0.5) is 0 Å². The third kappa shape index (κ3) is 4.03. The molecule has 1 amide bonds. The number of ether oxygens (including phenoxy) is 1. The molecule has 1 aromatic carbocycles. The summed E-state index contributed by atoms with van der Waals surface area (Å²) in [5, 5.41) is 7.36. The summed E-state index contributed by atoms with van der Waals surface area (Å²) in [7, 11) is 1.91. The van der Waals surface area contributed by atoms with Crippen molar-refractivity contribution < 1.29 is 9.53 Å². The van der Waals surface area contributed by atoms with E-state index in [9.17, 15) is 4.79 Å². The maximum atomic E-state index is 12.2. The lowest BCUT2D eigenvalue weighted by atomic mass is 10.0. The van der Waals surface area contributed by atoms with Gasteiger partial charge in [0, 0.05) is 44.1 Å². The van der Waals surface area contributed by atoms with Crippen molar-refractivity contribution in [2.24, 2.45) is 13.0 Å². The number of carbonyl (C=O) groups is 1. The number of hydrogen-bond acceptors (Lipinski definition) is 3. The standard InChI is InChI=1S/C19H25N3O2/c1-14-18(12-22(2)21-14)16-5-7-17(8-6-16)19(23)20-10-3-4-15-9-11-24-13-15/h5-8,12,15H,3-4,9-11,13H2,1-2H3,(H,20,23). The fraction of sp³-hybridized carbons (Fsp3) is 0.474. The summed E-state index contributed by atoms with van der Waals surface area (Å²) >= 11 is 0. The molecule has 0 spiro atoms. The van der Waals surface area contributed by atoms with Crippen molar-refractivity contribution in [2.45, 2.75) is 26.2 Å². The van der Waals surface area contributed by atoms with Crippen molar-refractivity contribution in [3.63, 3.8) is 0 Å². The van der Waals surface area contributed by atoms with Crippen LogP contribution in [0.5, 0.6) is 0 Å².